The zero-order valence-electron chi connectivity index (χ0n) is 6.64. The molecule has 0 bridgehead atoms. The number of aliphatic imine (C=N–C) groups is 2. The number of amidine groups is 1. The molecule has 3 nitrogen and oxygen atoms in total. The lowest BCUT2D eigenvalue weighted by Gasteiger charge is -2.03. The van der Waals surface area contributed by atoms with Crippen molar-refractivity contribution in [2.45, 2.75) is 6.42 Å². The van der Waals surface area contributed by atoms with Gasteiger partial charge in [0, 0.05) is 37.1 Å². The van der Waals surface area contributed by atoms with Crippen LogP contribution in [-0.2, 0) is 0 Å². The summed E-state index contributed by atoms with van der Waals surface area (Å²) in [6.07, 6.45) is 6.37. The van der Waals surface area contributed by atoms with Gasteiger partial charge < -0.3 is 0 Å². The number of pyridine rings is 1. The predicted octanol–water partition coefficient (Wildman–Crippen LogP) is 1.30. The van der Waals surface area contributed by atoms with Crippen LogP contribution < -0.4 is 0 Å². The molecule has 2 heterocycles. The van der Waals surface area contributed by atoms with E-state index in [-0.39, 0.29) is 0 Å². The van der Waals surface area contributed by atoms with Crippen LogP contribution in [0.15, 0.2) is 34.5 Å². The summed E-state index contributed by atoms with van der Waals surface area (Å²) in [6.45, 7) is 0.841. The minimum atomic E-state index is 0.800. The van der Waals surface area contributed by atoms with E-state index in [0.29, 0.717) is 0 Å². The quantitative estimate of drug-likeness (QED) is 0.608. The Morgan fingerprint density at radius 3 is 3.00 bits per heavy atom. The second-order valence-electron chi connectivity index (χ2n) is 2.55. The van der Waals surface area contributed by atoms with Gasteiger partial charge in [0.25, 0.3) is 0 Å². The van der Waals surface area contributed by atoms with Crippen molar-refractivity contribution in [1.82, 2.24) is 4.98 Å². The lowest BCUT2D eigenvalue weighted by molar-refractivity contribution is 1.03. The minimum Gasteiger partial charge on any atom is -0.266 e. The van der Waals surface area contributed by atoms with Gasteiger partial charge in [0.2, 0.25) is 0 Å². The summed E-state index contributed by atoms with van der Waals surface area (Å²) in [7, 11) is 0. The van der Waals surface area contributed by atoms with Crippen LogP contribution >= 0.6 is 0 Å². The van der Waals surface area contributed by atoms with Crippen molar-refractivity contribution in [1.29, 1.82) is 0 Å². The summed E-state index contributed by atoms with van der Waals surface area (Å²) in [5.41, 5.74) is 0.994. The summed E-state index contributed by atoms with van der Waals surface area (Å²) in [4.78, 5) is 12.5. The van der Waals surface area contributed by atoms with Crippen molar-refractivity contribution >= 4 is 12.1 Å². The Kier molecular flexibility index (Phi) is 1.94. The van der Waals surface area contributed by atoms with Crippen molar-refractivity contribution in [2.75, 3.05) is 6.54 Å². The average molecular weight is 159 g/mol. The largest absolute Gasteiger partial charge is 0.266 e. The molecule has 0 spiro atoms. The van der Waals surface area contributed by atoms with Crippen molar-refractivity contribution < 1.29 is 0 Å². The first kappa shape index (κ1) is 7.16. The van der Waals surface area contributed by atoms with E-state index >= 15 is 0 Å². The fourth-order valence-corrected chi connectivity index (χ4v) is 1.08. The van der Waals surface area contributed by atoms with Crippen LogP contribution in [0.4, 0.5) is 0 Å². The maximum Gasteiger partial charge on any atom is 0.155 e. The molecule has 0 saturated heterocycles. The summed E-state index contributed by atoms with van der Waals surface area (Å²) in [6, 6.07) is 3.86. The molecule has 1 aliphatic heterocycles. The van der Waals surface area contributed by atoms with Crippen molar-refractivity contribution in [2.24, 2.45) is 9.98 Å². The molecule has 0 amide bonds. The fraction of sp³-hybridized carbons (Fsp3) is 0.222. The van der Waals surface area contributed by atoms with Gasteiger partial charge in [-0.3, -0.25) is 9.98 Å². The van der Waals surface area contributed by atoms with Crippen LogP contribution in [0.3, 0.4) is 0 Å². The highest BCUT2D eigenvalue weighted by Crippen LogP contribution is 2.03. The smallest absolute Gasteiger partial charge is 0.155 e. The van der Waals surface area contributed by atoms with Gasteiger partial charge >= 0.3 is 0 Å². The van der Waals surface area contributed by atoms with E-state index in [1.54, 1.807) is 12.4 Å². The van der Waals surface area contributed by atoms with Crippen molar-refractivity contribution in [3.05, 3.63) is 30.1 Å². The molecule has 12 heavy (non-hydrogen) atoms. The summed E-state index contributed by atoms with van der Waals surface area (Å²) >= 11 is 0. The molecule has 0 aromatic carbocycles. The van der Waals surface area contributed by atoms with Gasteiger partial charge in [-0.05, 0) is 12.1 Å². The van der Waals surface area contributed by atoms with Crippen molar-refractivity contribution in [3.8, 4) is 0 Å². The lowest BCUT2D eigenvalue weighted by atomic mass is 10.2. The maximum absolute atomic E-state index is 4.28. The lowest BCUT2D eigenvalue weighted by Crippen LogP contribution is -2.04. The normalized spacial score (nSPS) is 15.8. The Labute approximate surface area is 70.9 Å². The molecule has 0 unspecified atom stereocenters. The highest BCUT2D eigenvalue weighted by Gasteiger charge is 2.02. The highest BCUT2D eigenvalue weighted by molar-refractivity contribution is 6.03. The van der Waals surface area contributed by atoms with E-state index in [4.69, 9.17) is 0 Å². The molecular weight excluding hydrogens is 150 g/mol. The molecular formula is C9H9N3. The van der Waals surface area contributed by atoms with Crippen LogP contribution in [0.2, 0.25) is 0 Å². The Morgan fingerprint density at radius 2 is 2.33 bits per heavy atom. The van der Waals surface area contributed by atoms with Crippen LogP contribution in [-0.4, -0.2) is 23.6 Å². The number of nitrogens with zero attached hydrogens (tertiary/aromatic N) is 3. The predicted molar refractivity (Wildman–Crippen MR) is 48.8 cm³/mol. The van der Waals surface area contributed by atoms with E-state index in [0.717, 1.165) is 24.4 Å². The molecule has 60 valence electrons. The third-order valence-electron chi connectivity index (χ3n) is 1.65. The second kappa shape index (κ2) is 3.26. The molecule has 0 radical (unpaired) electrons. The average Bonchev–Trinajstić information content (AvgIpc) is 2.21. The van der Waals surface area contributed by atoms with Crippen LogP contribution in [0.25, 0.3) is 0 Å². The summed E-state index contributed by atoms with van der Waals surface area (Å²) in [5, 5.41) is 0. The van der Waals surface area contributed by atoms with E-state index < -0.39 is 0 Å². The van der Waals surface area contributed by atoms with E-state index in [2.05, 4.69) is 15.0 Å². The molecule has 0 atom stereocenters. The van der Waals surface area contributed by atoms with Gasteiger partial charge in [-0.25, -0.2) is 4.99 Å². The Bertz CT molecular complexity index is 314. The van der Waals surface area contributed by atoms with Gasteiger partial charge in [0.1, 0.15) is 0 Å². The first-order chi connectivity index (χ1) is 5.97. The molecule has 0 aliphatic carbocycles. The number of aromatic nitrogens is 1. The molecule has 1 aromatic heterocycles. The van der Waals surface area contributed by atoms with Crippen LogP contribution in [0.5, 0.6) is 0 Å². The summed E-state index contributed by atoms with van der Waals surface area (Å²) in [5.74, 6) is 0.800. The van der Waals surface area contributed by atoms with Gasteiger partial charge in [0.05, 0.1) is 0 Å². The SMILES string of the molecule is C1=NC(c2cccnc2)=NCC1. The third kappa shape index (κ3) is 1.39. The maximum atomic E-state index is 4.28. The molecule has 0 N–H and O–H groups in total. The molecule has 2 rings (SSSR count). The van der Waals surface area contributed by atoms with Gasteiger partial charge in [-0.2, -0.15) is 0 Å². The van der Waals surface area contributed by atoms with Gasteiger partial charge in [-0.1, -0.05) is 0 Å². The summed E-state index contributed by atoms with van der Waals surface area (Å²) < 4.78 is 0. The highest BCUT2D eigenvalue weighted by atomic mass is 14.9. The first-order valence-corrected chi connectivity index (χ1v) is 3.94. The first-order valence-electron chi connectivity index (χ1n) is 3.94. The minimum absolute atomic E-state index is 0.800. The van der Waals surface area contributed by atoms with E-state index in [1.807, 2.05) is 18.3 Å². The monoisotopic (exact) mass is 159 g/mol. The van der Waals surface area contributed by atoms with Gasteiger partial charge in [0.15, 0.2) is 5.84 Å². The number of hydrogen-bond acceptors (Lipinski definition) is 3. The molecule has 3 heteroatoms. The van der Waals surface area contributed by atoms with Crippen LogP contribution in [0.1, 0.15) is 12.0 Å². The third-order valence-corrected chi connectivity index (χ3v) is 1.65. The van der Waals surface area contributed by atoms with E-state index in [9.17, 15) is 0 Å². The molecule has 1 aliphatic rings. The molecule has 1 aromatic rings. The van der Waals surface area contributed by atoms with Crippen LogP contribution in [0, 0.1) is 0 Å². The van der Waals surface area contributed by atoms with Gasteiger partial charge in [-0.15, -0.1) is 0 Å². The zero-order chi connectivity index (χ0) is 8.23. The topological polar surface area (TPSA) is 37.6 Å². The molecule has 0 saturated carbocycles. The second-order valence-corrected chi connectivity index (χ2v) is 2.55. The standard InChI is InChI=1S/C9H9N3/c1-3-8(7-10-4-1)9-11-5-2-6-12-9/h1,3-5,7H,2,6H2. The van der Waals surface area contributed by atoms with E-state index in [1.165, 1.54) is 0 Å². The van der Waals surface area contributed by atoms with Crippen molar-refractivity contribution in [3.63, 3.8) is 0 Å². The number of hydrogen-bond donors (Lipinski definition) is 0. The Balaban J connectivity index is 2.31. The molecule has 0 fully saturated rings. The Morgan fingerprint density at radius 1 is 1.33 bits per heavy atom. The zero-order valence-corrected chi connectivity index (χ0v) is 6.64. The number of rotatable bonds is 1. The fourth-order valence-electron chi connectivity index (χ4n) is 1.08. The Hall–Kier alpha value is -1.51.